The highest BCUT2D eigenvalue weighted by molar-refractivity contribution is 9.10. The molecule has 1 aromatic carbocycles. The van der Waals surface area contributed by atoms with Crippen LogP contribution in [0.15, 0.2) is 41.0 Å². The van der Waals surface area contributed by atoms with Gasteiger partial charge in [-0.3, -0.25) is 19.6 Å². The Morgan fingerprint density at radius 2 is 1.68 bits per heavy atom. The Bertz CT molecular complexity index is 1710. The summed E-state index contributed by atoms with van der Waals surface area (Å²) in [5.74, 6) is -0.881. The van der Waals surface area contributed by atoms with E-state index in [4.69, 9.17) is 14.2 Å². The van der Waals surface area contributed by atoms with Crippen LogP contribution in [0.2, 0.25) is 0 Å². The standard InChI is InChI=1S/C31H36BrN7O8/c1-18(24-14-21(39(43)44)10-11-23(24)27(40)36(8)17-20-13-22(15-33)37(9)35-20)45-25-12-19(32)16-34-26(25)38(28(41)46-30(2,3)4)29(42)47-31(5,6)7/h10-14,16,18H,17H2,1-9H3. The molecule has 0 aliphatic carbocycles. The first-order chi connectivity index (χ1) is 21.7. The molecule has 3 amide bonds. The number of carbonyl (C=O) groups is 3. The summed E-state index contributed by atoms with van der Waals surface area (Å²) < 4.78 is 19.0. The van der Waals surface area contributed by atoms with Crippen molar-refractivity contribution in [3.63, 3.8) is 0 Å². The first-order valence-corrected chi connectivity index (χ1v) is 15.0. The van der Waals surface area contributed by atoms with Gasteiger partial charge in [-0.25, -0.2) is 14.6 Å². The fourth-order valence-corrected chi connectivity index (χ4v) is 4.52. The van der Waals surface area contributed by atoms with Crippen molar-refractivity contribution in [2.75, 3.05) is 11.9 Å². The van der Waals surface area contributed by atoms with Gasteiger partial charge in [0.25, 0.3) is 11.6 Å². The normalized spacial score (nSPS) is 12.0. The van der Waals surface area contributed by atoms with Crippen LogP contribution < -0.4 is 9.64 Å². The molecule has 15 nitrogen and oxygen atoms in total. The van der Waals surface area contributed by atoms with Crippen LogP contribution in [0.25, 0.3) is 0 Å². The highest BCUT2D eigenvalue weighted by Crippen LogP contribution is 2.36. The Morgan fingerprint density at radius 3 is 2.19 bits per heavy atom. The van der Waals surface area contributed by atoms with Crippen molar-refractivity contribution in [3.05, 3.63) is 73.6 Å². The average Bonchev–Trinajstić information content (AvgIpc) is 3.30. The van der Waals surface area contributed by atoms with Gasteiger partial charge in [0.15, 0.2) is 11.6 Å². The van der Waals surface area contributed by atoms with Crippen molar-refractivity contribution in [1.29, 1.82) is 5.26 Å². The molecule has 0 spiro atoms. The SMILES string of the molecule is CC(Oc1cc(Br)cnc1N(C(=O)OC(C)(C)C)C(=O)OC(C)(C)C)c1cc([N+](=O)[O-])ccc1C(=O)N(C)Cc1cc(C#N)n(C)n1. The van der Waals surface area contributed by atoms with Crippen LogP contribution >= 0.6 is 15.9 Å². The van der Waals surface area contributed by atoms with E-state index in [0.29, 0.717) is 20.8 Å². The van der Waals surface area contributed by atoms with Gasteiger partial charge in [-0.05, 0) is 82.6 Å². The fourth-order valence-electron chi connectivity index (χ4n) is 4.21. The Balaban J connectivity index is 2.07. The van der Waals surface area contributed by atoms with Gasteiger partial charge in [-0.15, -0.1) is 0 Å². The highest BCUT2D eigenvalue weighted by atomic mass is 79.9. The van der Waals surface area contributed by atoms with Gasteiger partial charge < -0.3 is 19.1 Å². The van der Waals surface area contributed by atoms with Crippen molar-refractivity contribution in [3.8, 4) is 11.8 Å². The number of nitro groups is 1. The maximum absolute atomic E-state index is 13.7. The summed E-state index contributed by atoms with van der Waals surface area (Å²) in [6, 6.07) is 8.74. The Kier molecular flexibility index (Phi) is 11.0. The lowest BCUT2D eigenvalue weighted by Crippen LogP contribution is -2.44. The Hall–Kier alpha value is -5.04. The first-order valence-electron chi connectivity index (χ1n) is 14.3. The minimum absolute atomic E-state index is 0.0421. The van der Waals surface area contributed by atoms with E-state index in [1.54, 1.807) is 61.6 Å². The van der Waals surface area contributed by atoms with Crippen LogP contribution in [0.3, 0.4) is 0 Å². The van der Waals surface area contributed by atoms with Crippen LogP contribution in [0, 0.1) is 21.4 Å². The molecule has 250 valence electrons. The number of aryl methyl sites for hydroxylation is 1. The van der Waals surface area contributed by atoms with Crippen LogP contribution in [-0.2, 0) is 23.1 Å². The van der Waals surface area contributed by atoms with Gasteiger partial charge in [0.2, 0.25) is 0 Å². The number of rotatable bonds is 8. The molecule has 0 aliphatic heterocycles. The van der Waals surface area contributed by atoms with E-state index >= 15 is 0 Å². The predicted molar refractivity (Wildman–Crippen MR) is 173 cm³/mol. The van der Waals surface area contributed by atoms with Crippen molar-refractivity contribution in [2.24, 2.45) is 7.05 Å². The Labute approximate surface area is 280 Å². The molecule has 47 heavy (non-hydrogen) atoms. The van der Waals surface area contributed by atoms with Crippen LogP contribution in [0.5, 0.6) is 5.75 Å². The zero-order chi connectivity index (χ0) is 35.4. The zero-order valence-electron chi connectivity index (χ0n) is 27.5. The molecule has 3 rings (SSSR count). The average molecular weight is 715 g/mol. The maximum Gasteiger partial charge on any atom is 0.425 e. The third kappa shape index (κ3) is 9.49. The Morgan fingerprint density at radius 1 is 1.09 bits per heavy atom. The number of carbonyl (C=O) groups excluding carboxylic acids is 3. The molecule has 2 heterocycles. The summed E-state index contributed by atoms with van der Waals surface area (Å²) in [5.41, 5.74) is -1.28. The molecule has 1 atom stereocenters. The number of non-ortho nitro benzene ring substituents is 1. The van der Waals surface area contributed by atoms with Crippen molar-refractivity contribution in [1.82, 2.24) is 19.7 Å². The second kappa shape index (κ2) is 14.2. The van der Waals surface area contributed by atoms with E-state index in [1.165, 1.54) is 47.1 Å². The molecule has 0 radical (unpaired) electrons. The number of hydrogen-bond acceptors (Lipinski definition) is 11. The first kappa shape index (κ1) is 36.4. The number of halogens is 1. The van der Waals surface area contributed by atoms with E-state index in [9.17, 15) is 29.8 Å². The van der Waals surface area contributed by atoms with Crippen molar-refractivity contribution >= 4 is 45.5 Å². The topological polar surface area (TPSA) is 183 Å². The van der Waals surface area contributed by atoms with Crippen LogP contribution in [0.4, 0.5) is 21.1 Å². The number of imide groups is 1. The van der Waals surface area contributed by atoms with Gasteiger partial charge in [-0.2, -0.15) is 15.3 Å². The molecule has 1 unspecified atom stereocenters. The number of benzene rings is 1. The van der Waals surface area contributed by atoms with Crippen molar-refractivity contribution in [2.45, 2.75) is 72.3 Å². The van der Waals surface area contributed by atoms with E-state index < -0.39 is 40.3 Å². The monoisotopic (exact) mass is 713 g/mol. The molecular weight excluding hydrogens is 678 g/mol. The smallest absolute Gasteiger partial charge is 0.425 e. The number of ether oxygens (including phenoxy) is 3. The van der Waals surface area contributed by atoms with Gasteiger partial charge >= 0.3 is 12.2 Å². The van der Waals surface area contributed by atoms with E-state index in [2.05, 4.69) is 26.0 Å². The molecule has 0 saturated heterocycles. The summed E-state index contributed by atoms with van der Waals surface area (Å²) >= 11 is 3.32. The molecule has 2 aromatic heterocycles. The third-order valence-electron chi connectivity index (χ3n) is 6.17. The molecule has 0 saturated carbocycles. The van der Waals surface area contributed by atoms with Gasteiger partial charge in [-0.1, -0.05) is 0 Å². The largest absolute Gasteiger partial charge is 0.482 e. The zero-order valence-corrected chi connectivity index (χ0v) is 29.1. The van der Waals surface area contributed by atoms with Crippen LogP contribution in [0.1, 0.15) is 81.9 Å². The molecule has 0 aliphatic rings. The van der Waals surface area contributed by atoms with Gasteiger partial charge in [0, 0.05) is 48.0 Å². The summed E-state index contributed by atoms with van der Waals surface area (Å²) in [5, 5.41) is 25.2. The lowest BCUT2D eigenvalue weighted by atomic mass is 10.0. The lowest BCUT2D eigenvalue weighted by molar-refractivity contribution is -0.385. The van der Waals surface area contributed by atoms with Crippen LogP contribution in [-0.4, -0.2) is 60.9 Å². The lowest BCUT2D eigenvalue weighted by Gasteiger charge is -2.29. The summed E-state index contributed by atoms with van der Waals surface area (Å²) in [7, 11) is 3.13. The summed E-state index contributed by atoms with van der Waals surface area (Å²) in [6.45, 7) is 11.3. The number of hydrogen-bond donors (Lipinski definition) is 0. The molecule has 0 N–H and O–H groups in total. The highest BCUT2D eigenvalue weighted by Gasteiger charge is 2.36. The minimum Gasteiger partial charge on any atom is -0.482 e. The summed E-state index contributed by atoms with van der Waals surface area (Å²) in [4.78, 5) is 57.7. The number of anilines is 1. The number of nitrogens with zero attached hydrogens (tertiary/aromatic N) is 7. The molecule has 0 fully saturated rings. The molecule has 3 aromatic rings. The number of pyridine rings is 1. The number of amides is 3. The fraction of sp³-hybridized carbons (Fsp3) is 0.419. The number of aromatic nitrogens is 3. The minimum atomic E-state index is -1.08. The second-order valence-corrected chi connectivity index (χ2v) is 13.4. The molecular formula is C31H36BrN7O8. The molecule has 16 heteroatoms. The molecule has 0 bridgehead atoms. The quantitative estimate of drug-likeness (QED) is 0.185. The second-order valence-electron chi connectivity index (χ2n) is 12.5. The van der Waals surface area contributed by atoms with E-state index in [1.807, 2.05) is 6.07 Å². The third-order valence-corrected chi connectivity index (χ3v) is 6.61. The summed E-state index contributed by atoms with van der Waals surface area (Å²) in [6.07, 6.45) is -1.89. The number of nitriles is 1. The van der Waals surface area contributed by atoms with E-state index in [-0.39, 0.29) is 34.9 Å². The number of nitro benzene ring substituents is 1. The maximum atomic E-state index is 13.7. The predicted octanol–water partition coefficient (Wildman–Crippen LogP) is 6.45. The van der Waals surface area contributed by atoms with Gasteiger partial charge in [0.1, 0.15) is 29.1 Å². The van der Waals surface area contributed by atoms with Crippen molar-refractivity contribution < 1.29 is 33.5 Å². The van der Waals surface area contributed by atoms with Gasteiger partial charge in [0.05, 0.1) is 17.2 Å². The van der Waals surface area contributed by atoms with E-state index in [0.717, 1.165) is 0 Å².